The van der Waals surface area contributed by atoms with Gasteiger partial charge in [0.1, 0.15) is 35.3 Å². The molecule has 7 nitrogen and oxygen atoms in total. The Labute approximate surface area is 194 Å². The van der Waals surface area contributed by atoms with Gasteiger partial charge in [-0.25, -0.2) is 19.2 Å². The number of aromatic nitrogens is 3. The number of fused-ring (bicyclic) bond motifs is 1. The Morgan fingerprint density at radius 1 is 1.21 bits per heavy atom. The summed E-state index contributed by atoms with van der Waals surface area (Å²) >= 11 is 6.39. The number of carboxylic acid groups (broad SMARTS) is 1. The van der Waals surface area contributed by atoms with Crippen LogP contribution in [0.15, 0.2) is 54.9 Å². The quantitative estimate of drug-likeness (QED) is 0.340. The number of anilines is 1. The van der Waals surface area contributed by atoms with Gasteiger partial charge in [0, 0.05) is 35.7 Å². The van der Waals surface area contributed by atoms with Crippen LogP contribution in [0, 0.1) is 0 Å². The van der Waals surface area contributed by atoms with Gasteiger partial charge >= 0.3 is 5.97 Å². The molecule has 0 aliphatic rings. The minimum absolute atomic E-state index is 0.0940. The highest BCUT2D eigenvalue weighted by atomic mass is 35.5. The molecule has 0 fully saturated rings. The van der Waals surface area contributed by atoms with E-state index < -0.39 is 12.6 Å². The van der Waals surface area contributed by atoms with E-state index in [0.717, 1.165) is 10.9 Å². The first-order valence-electron chi connectivity index (χ1n) is 10.4. The molecule has 2 aromatic carbocycles. The van der Waals surface area contributed by atoms with Crippen molar-refractivity contribution >= 4 is 34.3 Å². The number of para-hydroxylation sites is 1. The number of nitrogens with one attached hydrogen (secondary N) is 1. The monoisotopic (exact) mass is 468 g/mol. The molecule has 2 N–H and O–H groups in total. The maximum Gasteiger partial charge on any atom is 0.339 e. The highest BCUT2D eigenvalue weighted by Gasteiger charge is 2.14. The molecule has 170 valence electrons. The van der Waals surface area contributed by atoms with E-state index in [-0.39, 0.29) is 11.3 Å². The molecule has 0 aliphatic heterocycles. The van der Waals surface area contributed by atoms with E-state index in [1.807, 2.05) is 22.8 Å². The number of halogens is 2. The predicted octanol–water partition coefficient (Wildman–Crippen LogP) is 5.43. The largest absolute Gasteiger partial charge is 0.493 e. The summed E-state index contributed by atoms with van der Waals surface area (Å²) < 4.78 is 20.8. The molecule has 0 bridgehead atoms. The summed E-state index contributed by atoms with van der Waals surface area (Å²) in [6.07, 6.45) is 1.43. The Balaban J connectivity index is 1.52. The number of alkyl halides is 1. The van der Waals surface area contributed by atoms with Crippen LogP contribution in [-0.2, 0) is 13.2 Å². The molecule has 0 spiro atoms. The molecule has 4 aromatic rings. The maximum absolute atomic E-state index is 13.5. The Morgan fingerprint density at radius 2 is 2.06 bits per heavy atom. The number of benzene rings is 2. The number of rotatable bonds is 9. The van der Waals surface area contributed by atoms with Crippen LogP contribution >= 0.6 is 11.6 Å². The van der Waals surface area contributed by atoms with E-state index in [1.165, 1.54) is 12.4 Å². The molecule has 9 heteroatoms. The van der Waals surface area contributed by atoms with Crippen molar-refractivity contribution in [2.45, 2.75) is 20.1 Å². The summed E-state index contributed by atoms with van der Waals surface area (Å²) in [6.45, 7) is 2.59. The lowest BCUT2D eigenvalue weighted by atomic mass is 10.1. The third kappa shape index (κ3) is 4.75. The molecule has 0 radical (unpaired) electrons. The number of nitrogens with zero attached hydrogens (tertiary/aromatic N) is 3. The lowest BCUT2D eigenvalue weighted by Crippen LogP contribution is -2.12. The van der Waals surface area contributed by atoms with Crippen LogP contribution in [0.1, 0.15) is 22.8 Å². The first-order valence-corrected chi connectivity index (χ1v) is 10.8. The van der Waals surface area contributed by atoms with E-state index in [2.05, 4.69) is 15.3 Å². The fraction of sp³-hybridized carbons (Fsp3) is 0.208. The van der Waals surface area contributed by atoms with Gasteiger partial charge in [0.15, 0.2) is 0 Å². The number of carbonyl (C=O) groups is 1. The van der Waals surface area contributed by atoms with Crippen LogP contribution < -0.4 is 10.1 Å². The summed E-state index contributed by atoms with van der Waals surface area (Å²) in [5.41, 5.74) is 2.81. The summed E-state index contributed by atoms with van der Waals surface area (Å²) in [6, 6.07) is 13.9. The second kappa shape index (κ2) is 9.87. The van der Waals surface area contributed by atoms with E-state index in [0.29, 0.717) is 47.5 Å². The van der Waals surface area contributed by atoms with Gasteiger partial charge in [0.05, 0.1) is 17.8 Å². The lowest BCUT2D eigenvalue weighted by molar-refractivity contribution is 0.0692. The molecule has 0 aliphatic carbocycles. The Kier molecular flexibility index (Phi) is 6.74. The number of aromatic carboxylic acids is 1. The molecule has 0 amide bonds. The van der Waals surface area contributed by atoms with Crippen molar-refractivity contribution in [1.29, 1.82) is 0 Å². The molecule has 0 atom stereocenters. The van der Waals surface area contributed by atoms with Gasteiger partial charge in [-0.15, -0.1) is 0 Å². The zero-order chi connectivity index (χ0) is 23.4. The maximum atomic E-state index is 13.5. The van der Waals surface area contributed by atoms with Crippen molar-refractivity contribution in [2.75, 3.05) is 18.5 Å². The average molecular weight is 469 g/mol. The average Bonchev–Trinajstić information content (AvgIpc) is 3.14. The summed E-state index contributed by atoms with van der Waals surface area (Å²) in [5, 5.41) is 14.0. The Bertz CT molecular complexity index is 1310. The van der Waals surface area contributed by atoms with Gasteiger partial charge in [0.2, 0.25) is 0 Å². The second-order valence-electron chi connectivity index (χ2n) is 7.27. The normalized spacial score (nSPS) is 11.0. The topological polar surface area (TPSA) is 89.3 Å². The molecular weight excluding hydrogens is 447 g/mol. The zero-order valence-corrected chi connectivity index (χ0v) is 18.6. The van der Waals surface area contributed by atoms with Crippen molar-refractivity contribution in [3.8, 4) is 17.0 Å². The van der Waals surface area contributed by atoms with E-state index >= 15 is 0 Å². The Hall–Kier alpha value is -3.65. The SMILES string of the molecule is CCOc1cc(-c2cc(NCCn3c(Cl)cc4cccc(CF)c43)ncn2)ccc1C(=O)O. The smallest absolute Gasteiger partial charge is 0.339 e. The molecule has 2 heterocycles. The van der Waals surface area contributed by atoms with Gasteiger partial charge < -0.3 is 19.7 Å². The van der Waals surface area contributed by atoms with Crippen LogP contribution in [0.5, 0.6) is 5.75 Å². The van der Waals surface area contributed by atoms with E-state index in [4.69, 9.17) is 16.3 Å². The van der Waals surface area contributed by atoms with Gasteiger partial charge in [0.25, 0.3) is 0 Å². The molecule has 33 heavy (non-hydrogen) atoms. The van der Waals surface area contributed by atoms with E-state index in [9.17, 15) is 14.3 Å². The first-order chi connectivity index (χ1) is 16.0. The van der Waals surface area contributed by atoms with Crippen LogP contribution in [0.2, 0.25) is 5.15 Å². The van der Waals surface area contributed by atoms with Crippen molar-refractivity contribution in [3.05, 3.63) is 71.1 Å². The van der Waals surface area contributed by atoms with Crippen LogP contribution in [-0.4, -0.2) is 38.8 Å². The molecular formula is C24H22ClFN4O3. The molecule has 2 aromatic heterocycles. The minimum Gasteiger partial charge on any atom is -0.493 e. The second-order valence-corrected chi connectivity index (χ2v) is 7.66. The van der Waals surface area contributed by atoms with Crippen molar-refractivity contribution in [1.82, 2.24) is 14.5 Å². The zero-order valence-electron chi connectivity index (χ0n) is 17.9. The summed E-state index contributed by atoms with van der Waals surface area (Å²) in [4.78, 5) is 20.0. The third-order valence-electron chi connectivity index (χ3n) is 5.21. The number of ether oxygens (including phenoxy) is 1. The van der Waals surface area contributed by atoms with Gasteiger partial charge in [-0.05, 0) is 25.1 Å². The fourth-order valence-corrected chi connectivity index (χ4v) is 4.02. The van der Waals surface area contributed by atoms with Gasteiger partial charge in [-0.1, -0.05) is 35.9 Å². The summed E-state index contributed by atoms with van der Waals surface area (Å²) in [7, 11) is 0. The van der Waals surface area contributed by atoms with Crippen LogP contribution in [0.4, 0.5) is 10.2 Å². The van der Waals surface area contributed by atoms with Gasteiger partial charge in [-0.2, -0.15) is 0 Å². The van der Waals surface area contributed by atoms with E-state index in [1.54, 1.807) is 31.2 Å². The molecule has 0 saturated heterocycles. The number of carboxylic acids is 1. The third-order valence-corrected chi connectivity index (χ3v) is 5.53. The highest BCUT2D eigenvalue weighted by Crippen LogP contribution is 2.29. The summed E-state index contributed by atoms with van der Waals surface area (Å²) in [5.74, 6) is -0.172. The standard InChI is InChI=1S/C24H22ClFN4O3/c1-2-33-20-10-15(6-7-18(20)24(31)32)19-12-22(29-14-28-19)27-8-9-30-21(25)11-16-4-3-5-17(13-26)23(16)30/h3-7,10-12,14H,2,8-9,13H2,1H3,(H,31,32)(H,27,28,29). The first kappa shape index (κ1) is 22.5. The molecule has 0 saturated carbocycles. The number of hydrogen-bond donors (Lipinski definition) is 2. The highest BCUT2D eigenvalue weighted by molar-refractivity contribution is 6.31. The van der Waals surface area contributed by atoms with Crippen molar-refractivity contribution < 1.29 is 19.0 Å². The lowest BCUT2D eigenvalue weighted by Gasteiger charge is -2.12. The van der Waals surface area contributed by atoms with Crippen LogP contribution in [0.3, 0.4) is 0 Å². The van der Waals surface area contributed by atoms with Crippen molar-refractivity contribution in [2.24, 2.45) is 0 Å². The van der Waals surface area contributed by atoms with Gasteiger partial charge in [-0.3, -0.25) is 0 Å². The molecule has 4 rings (SSSR count). The fourth-order valence-electron chi connectivity index (χ4n) is 3.74. The Morgan fingerprint density at radius 3 is 2.82 bits per heavy atom. The molecule has 0 unspecified atom stereocenters. The number of hydrogen-bond acceptors (Lipinski definition) is 5. The minimum atomic E-state index is -1.05. The van der Waals surface area contributed by atoms with Crippen LogP contribution in [0.25, 0.3) is 22.2 Å². The van der Waals surface area contributed by atoms with Crippen molar-refractivity contribution in [3.63, 3.8) is 0 Å². The predicted molar refractivity (Wildman–Crippen MR) is 126 cm³/mol.